The minimum Gasteiger partial charge on any atom is -0.454 e. The van der Waals surface area contributed by atoms with Crippen LogP contribution in [0.4, 0.5) is 34.5 Å². The molecule has 0 saturated heterocycles. The van der Waals surface area contributed by atoms with Crippen LogP contribution in [0.3, 0.4) is 0 Å². The SMILES string of the molecule is CC(C)(C)c1ccc(N(c2ccccn2)c2cc(C(C)(C)C)cc(N(c3ccc(C(C)(C)C)cn3)c3ccc(-c4nc(-c5ccccc5)nc(-c5ccccc5)n4)c4c3oc3ccccc34)c2-c2ccccn2)nc1. The lowest BCUT2D eigenvalue weighted by Crippen LogP contribution is -2.21. The molecule has 0 amide bonds. The molecule has 0 aliphatic rings. The zero-order valence-electron chi connectivity index (χ0n) is 43.9. The van der Waals surface area contributed by atoms with Gasteiger partial charge in [-0.15, -0.1) is 0 Å². The Balaban J connectivity index is 1.25. The number of anilines is 6. The summed E-state index contributed by atoms with van der Waals surface area (Å²) in [6.07, 6.45) is 7.64. The number of rotatable bonds is 10. The molecule has 0 spiro atoms. The first-order valence-corrected chi connectivity index (χ1v) is 25.5. The molecule has 10 heteroatoms. The van der Waals surface area contributed by atoms with Gasteiger partial charge in [-0.2, -0.15) is 0 Å². The molecule has 5 aromatic carbocycles. The van der Waals surface area contributed by atoms with Crippen molar-refractivity contribution in [3.63, 3.8) is 0 Å². The van der Waals surface area contributed by atoms with E-state index in [9.17, 15) is 0 Å². The smallest absolute Gasteiger partial charge is 0.164 e. The van der Waals surface area contributed by atoms with Gasteiger partial charge < -0.3 is 4.42 Å². The number of para-hydroxylation sites is 1. The molecule has 10 nitrogen and oxygen atoms in total. The molecular weight excluding hydrogens is 923 g/mol. The summed E-state index contributed by atoms with van der Waals surface area (Å²) in [5.74, 6) is 3.75. The number of nitrogens with zero attached hydrogens (tertiary/aromatic N) is 9. The third-order valence-corrected chi connectivity index (χ3v) is 13.6. The second-order valence-electron chi connectivity index (χ2n) is 22.0. The number of fused-ring (bicyclic) bond motifs is 3. The standard InChI is InChI=1S/C65H59N9O/c1-63(2,3)44-30-34-55(68-40-44)73(50-33-32-48(57-47-26-16-17-28-53(47)75-59(50)57)62-71-60(42-22-12-10-13-23-42)70-61(72-62)43-24-14-11-15-25-43)51-38-46(65(7,8)9)39-52(58(51)49-27-18-20-36-66-49)74(54-29-19-21-37-67-54)56-35-31-45(41-69-56)64(4,5)6/h10-41H,1-9H3. The van der Waals surface area contributed by atoms with Crippen molar-refractivity contribution in [3.05, 3.63) is 211 Å². The molecule has 0 N–H and O–H groups in total. The van der Waals surface area contributed by atoms with E-state index in [1.165, 1.54) is 0 Å². The Morgan fingerprint density at radius 1 is 0.400 bits per heavy atom. The van der Waals surface area contributed by atoms with Crippen molar-refractivity contribution < 1.29 is 4.42 Å². The van der Waals surface area contributed by atoms with E-state index in [4.69, 9.17) is 39.3 Å². The van der Waals surface area contributed by atoms with Crippen LogP contribution < -0.4 is 9.80 Å². The van der Waals surface area contributed by atoms with E-state index < -0.39 is 0 Å². The number of furan rings is 1. The Labute approximate surface area is 438 Å². The molecule has 0 radical (unpaired) electrons. The monoisotopic (exact) mass is 981 g/mol. The summed E-state index contributed by atoms with van der Waals surface area (Å²) >= 11 is 0. The molecule has 0 saturated carbocycles. The van der Waals surface area contributed by atoms with Crippen LogP contribution in [0, 0.1) is 0 Å². The zero-order chi connectivity index (χ0) is 52.1. The third kappa shape index (κ3) is 9.51. The van der Waals surface area contributed by atoms with Crippen LogP contribution in [0.5, 0.6) is 0 Å². The molecule has 0 unspecified atom stereocenters. The van der Waals surface area contributed by atoms with Crippen molar-refractivity contribution in [2.24, 2.45) is 0 Å². The molecule has 370 valence electrons. The first-order chi connectivity index (χ1) is 36.1. The fourth-order valence-corrected chi connectivity index (χ4v) is 9.43. The van der Waals surface area contributed by atoms with E-state index in [1.54, 1.807) is 0 Å². The van der Waals surface area contributed by atoms with Gasteiger partial charge in [-0.1, -0.05) is 165 Å². The number of hydrogen-bond acceptors (Lipinski definition) is 10. The topological polar surface area (TPSA) is 110 Å². The Hall–Kier alpha value is -8.89. The zero-order valence-corrected chi connectivity index (χ0v) is 43.9. The maximum Gasteiger partial charge on any atom is 0.164 e. The maximum atomic E-state index is 7.19. The summed E-state index contributed by atoms with van der Waals surface area (Å²) in [4.78, 5) is 40.7. The van der Waals surface area contributed by atoms with Gasteiger partial charge in [0.1, 0.15) is 23.0 Å². The molecule has 0 bridgehead atoms. The summed E-state index contributed by atoms with van der Waals surface area (Å²) in [7, 11) is 0. The molecule has 11 rings (SSSR count). The molecule has 6 heterocycles. The average Bonchev–Trinajstić information content (AvgIpc) is 3.83. The summed E-state index contributed by atoms with van der Waals surface area (Å²) in [5, 5.41) is 1.77. The summed E-state index contributed by atoms with van der Waals surface area (Å²) in [6.45, 7) is 20.0. The van der Waals surface area contributed by atoms with Crippen LogP contribution in [-0.4, -0.2) is 34.9 Å². The average molecular weight is 982 g/mol. The first-order valence-electron chi connectivity index (χ1n) is 25.5. The van der Waals surface area contributed by atoms with E-state index >= 15 is 0 Å². The van der Waals surface area contributed by atoms with Gasteiger partial charge >= 0.3 is 0 Å². The Morgan fingerprint density at radius 3 is 1.44 bits per heavy atom. The highest BCUT2D eigenvalue weighted by Crippen LogP contribution is 2.52. The summed E-state index contributed by atoms with van der Waals surface area (Å²) in [5.41, 5.74) is 10.6. The largest absolute Gasteiger partial charge is 0.454 e. The van der Waals surface area contributed by atoms with Crippen LogP contribution in [0.2, 0.25) is 0 Å². The number of aromatic nitrogens is 7. The number of pyridine rings is 4. The maximum absolute atomic E-state index is 7.19. The lowest BCUT2D eigenvalue weighted by Gasteiger charge is -2.34. The second kappa shape index (κ2) is 19.2. The Kier molecular flexibility index (Phi) is 12.4. The van der Waals surface area contributed by atoms with Gasteiger partial charge in [0.15, 0.2) is 23.1 Å². The molecule has 75 heavy (non-hydrogen) atoms. The fourth-order valence-electron chi connectivity index (χ4n) is 9.43. The fraction of sp³-hybridized carbons (Fsp3) is 0.185. The van der Waals surface area contributed by atoms with Gasteiger partial charge in [0.2, 0.25) is 0 Å². The van der Waals surface area contributed by atoms with E-state index in [0.717, 1.165) is 78.1 Å². The van der Waals surface area contributed by atoms with Crippen LogP contribution in [0.15, 0.2) is 199 Å². The number of benzene rings is 5. The van der Waals surface area contributed by atoms with Crippen LogP contribution >= 0.6 is 0 Å². The van der Waals surface area contributed by atoms with Crippen molar-refractivity contribution in [1.82, 2.24) is 34.9 Å². The molecule has 0 aliphatic heterocycles. The van der Waals surface area contributed by atoms with Gasteiger partial charge in [0.05, 0.1) is 22.8 Å². The number of hydrogen-bond donors (Lipinski definition) is 0. The van der Waals surface area contributed by atoms with Gasteiger partial charge in [-0.25, -0.2) is 29.9 Å². The minimum absolute atomic E-state index is 0.106. The third-order valence-electron chi connectivity index (χ3n) is 13.6. The molecular formula is C65H59N9O. The van der Waals surface area contributed by atoms with Gasteiger partial charge in [0, 0.05) is 57.8 Å². The Bertz CT molecular complexity index is 3750. The van der Waals surface area contributed by atoms with E-state index in [0.29, 0.717) is 40.5 Å². The minimum atomic E-state index is -0.342. The lowest BCUT2D eigenvalue weighted by molar-refractivity contribution is 0.587. The highest BCUT2D eigenvalue weighted by molar-refractivity contribution is 6.17. The van der Waals surface area contributed by atoms with Gasteiger partial charge in [-0.3, -0.25) is 14.8 Å². The highest BCUT2D eigenvalue weighted by atomic mass is 16.3. The van der Waals surface area contributed by atoms with Crippen LogP contribution in [-0.2, 0) is 16.2 Å². The molecule has 0 atom stereocenters. The van der Waals surface area contributed by atoms with Gasteiger partial charge in [0.25, 0.3) is 0 Å². The first kappa shape index (κ1) is 48.4. The molecule has 0 fully saturated rings. The second-order valence-corrected chi connectivity index (χ2v) is 22.0. The van der Waals surface area contributed by atoms with Crippen molar-refractivity contribution in [3.8, 4) is 45.4 Å². The predicted octanol–water partition coefficient (Wildman–Crippen LogP) is 16.9. The van der Waals surface area contributed by atoms with Crippen LogP contribution in [0.25, 0.3) is 67.4 Å². The summed E-state index contributed by atoms with van der Waals surface area (Å²) < 4.78 is 7.19. The quantitative estimate of drug-likeness (QED) is 0.131. The molecule has 0 aliphatic carbocycles. The molecule has 11 aromatic rings. The van der Waals surface area contributed by atoms with E-state index in [-0.39, 0.29) is 16.2 Å². The van der Waals surface area contributed by atoms with Crippen molar-refractivity contribution >= 4 is 56.5 Å². The molecule has 6 aromatic heterocycles. The van der Waals surface area contributed by atoms with Crippen molar-refractivity contribution in [2.45, 2.75) is 78.6 Å². The Morgan fingerprint density at radius 2 is 0.907 bits per heavy atom. The van der Waals surface area contributed by atoms with Crippen molar-refractivity contribution in [2.75, 3.05) is 9.80 Å². The highest BCUT2D eigenvalue weighted by Gasteiger charge is 2.33. The predicted molar refractivity (Wildman–Crippen MR) is 305 cm³/mol. The summed E-state index contributed by atoms with van der Waals surface area (Å²) in [6, 6.07) is 57.6. The van der Waals surface area contributed by atoms with E-state index in [1.807, 2.05) is 134 Å². The normalized spacial score (nSPS) is 12.1. The van der Waals surface area contributed by atoms with Crippen molar-refractivity contribution in [1.29, 1.82) is 0 Å². The van der Waals surface area contributed by atoms with Gasteiger partial charge in [-0.05, 0) is 99.7 Å². The van der Waals surface area contributed by atoms with E-state index in [2.05, 4.69) is 133 Å². The lowest BCUT2D eigenvalue weighted by atomic mass is 9.84. The van der Waals surface area contributed by atoms with Crippen LogP contribution in [0.1, 0.15) is 79.0 Å².